The normalized spacial score (nSPS) is 15.7. The van der Waals surface area contributed by atoms with Gasteiger partial charge in [0.25, 0.3) is 0 Å². The Morgan fingerprint density at radius 2 is 1.85 bits per heavy atom. The Kier molecular flexibility index (Phi) is 7.29. The third kappa shape index (κ3) is 6.05. The summed E-state index contributed by atoms with van der Waals surface area (Å²) in [5, 5.41) is 8.77. The van der Waals surface area contributed by atoms with Gasteiger partial charge in [-0.05, 0) is 32.6 Å². The van der Waals surface area contributed by atoms with Crippen molar-refractivity contribution in [1.82, 2.24) is 0 Å². The van der Waals surface area contributed by atoms with Crippen LogP contribution in [-0.2, 0) is 4.74 Å². The molecule has 1 unspecified atom stereocenters. The third-order valence-electron chi connectivity index (χ3n) is 2.30. The Hall–Kier alpha value is -0.0800. The third-order valence-corrected chi connectivity index (χ3v) is 2.30. The van der Waals surface area contributed by atoms with Crippen molar-refractivity contribution in [1.29, 1.82) is 0 Å². The lowest BCUT2D eigenvalue weighted by Gasteiger charge is -2.29. The van der Waals surface area contributed by atoms with E-state index in [1.54, 1.807) is 0 Å². The molecule has 80 valence electrons. The Balaban J connectivity index is 3.84. The van der Waals surface area contributed by atoms with Crippen molar-refractivity contribution in [2.24, 2.45) is 0 Å². The SMILES string of the molecule is CCCOC(C)(CCC)CCCO. The molecule has 0 aliphatic rings. The molecule has 1 atom stereocenters. The first kappa shape index (κ1) is 12.9. The molecule has 0 aromatic rings. The molecule has 0 aromatic heterocycles. The summed E-state index contributed by atoms with van der Waals surface area (Å²) in [6.45, 7) is 7.56. The van der Waals surface area contributed by atoms with Gasteiger partial charge in [-0.15, -0.1) is 0 Å². The van der Waals surface area contributed by atoms with Gasteiger partial charge in [0, 0.05) is 13.2 Å². The highest BCUT2D eigenvalue weighted by molar-refractivity contribution is 4.74. The van der Waals surface area contributed by atoms with Gasteiger partial charge in [0.15, 0.2) is 0 Å². The second-order valence-corrected chi connectivity index (χ2v) is 3.88. The zero-order valence-corrected chi connectivity index (χ0v) is 9.31. The van der Waals surface area contributed by atoms with Crippen molar-refractivity contribution >= 4 is 0 Å². The van der Waals surface area contributed by atoms with Crippen LogP contribution < -0.4 is 0 Å². The summed E-state index contributed by atoms with van der Waals surface area (Å²) in [4.78, 5) is 0. The quantitative estimate of drug-likeness (QED) is 0.634. The molecule has 0 bridgehead atoms. The molecule has 0 fully saturated rings. The average molecular weight is 188 g/mol. The number of aliphatic hydroxyl groups is 1. The van der Waals surface area contributed by atoms with Crippen molar-refractivity contribution in [3.63, 3.8) is 0 Å². The van der Waals surface area contributed by atoms with Crippen LogP contribution in [0, 0.1) is 0 Å². The summed E-state index contributed by atoms with van der Waals surface area (Å²) in [5.74, 6) is 0. The molecule has 0 aromatic carbocycles. The van der Waals surface area contributed by atoms with Gasteiger partial charge in [0.1, 0.15) is 0 Å². The smallest absolute Gasteiger partial charge is 0.0655 e. The predicted octanol–water partition coefficient (Wildman–Crippen LogP) is 2.74. The molecule has 0 amide bonds. The minimum atomic E-state index is -0.00646. The molecule has 13 heavy (non-hydrogen) atoms. The van der Waals surface area contributed by atoms with Gasteiger partial charge in [0.2, 0.25) is 0 Å². The Morgan fingerprint density at radius 3 is 2.31 bits per heavy atom. The Bertz CT molecular complexity index is 105. The van der Waals surface area contributed by atoms with Crippen molar-refractivity contribution < 1.29 is 9.84 Å². The lowest BCUT2D eigenvalue weighted by Crippen LogP contribution is -2.29. The van der Waals surface area contributed by atoms with Crippen molar-refractivity contribution in [3.05, 3.63) is 0 Å². The summed E-state index contributed by atoms with van der Waals surface area (Å²) in [6, 6.07) is 0. The molecule has 0 heterocycles. The lowest BCUT2D eigenvalue weighted by atomic mass is 9.94. The Labute approximate surface area is 82.3 Å². The second kappa shape index (κ2) is 7.34. The number of hydrogen-bond acceptors (Lipinski definition) is 2. The molecule has 0 spiro atoms. The van der Waals surface area contributed by atoms with E-state index in [4.69, 9.17) is 9.84 Å². The van der Waals surface area contributed by atoms with E-state index >= 15 is 0 Å². The van der Waals surface area contributed by atoms with Gasteiger partial charge in [-0.1, -0.05) is 20.3 Å². The summed E-state index contributed by atoms with van der Waals surface area (Å²) in [6.07, 6.45) is 5.12. The minimum absolute atomic E-state index is 0.00646. The van der Waals surface area contributed by atoms with Crippen LogP contribution in [0.25, 0.3) is 0 Å². The summed E-state index contributed by atoms with van der Waals surface area (Å²) < 4.78 is 5.81. The number of ether oxygens (including phenoxy) is 1. The van der Waals surface area contributed by atoms with Gasteiger partial charge in [-0.25, -0.2) is 0 Å². The van der Waals surface area contributed by atoms with E-state index in [0.717, 1.165) is 38.7 Å². The maximum absolute atomic E-state index is 8.77. The van der Waals surface area contributed by atoms with Gasteiger partial charge in [-0.2, -0.15) is 0 Å². The highest BCUT2D eigenvalue weighted by atomic mass is 16.5. The van der Waals surface area contributed by atoms with Crippen LogP contribution in [0.1, 0.15) is 52.9 Å². The number of hydrogen-bond donors (Lipinski definition) is 1. The fourth-order valence-electron chi connectivity index (χ4n) is 1.60. The van der Waals surface area contributed by atoms with E-state index in [1.807, 2.05) is 0 Å². The first-order valence-corrected chi connectivity index (χ1v) is 5.43. The molecule has 0 saturated carbocycles. The Morgan fingerprint density at radius 1 is 1.15 bits per heavy atom. The van der Waals surface area contributed by atoms with Gasteiger partial charge < -0.3 is 9.84 Å². The number of aliphatic hydroxyl groups excluding tert-OH is 1. The molecular formula is C11H24O2. The van der Waals surface area contributed by atoms with Crippen LogP contribution in [0.3, 0.4) is 0 Å². The van der Waals surface area contributed by atoms with Crippen LogP contribution in [0.15, 0.2) is 0 Å². The van der Waals surface area contributed by atoms with Crippen molar-refractivity contribution in [2.45, 2.75) is 58.5 Å². The monoisotopic (exact) mass is 188 g/mol. The molecule has 1 N–H and O–H groups in total. The molecule has 0 radical (unpaired) electrons. The molecule has 0 rings (SSSR count). The highest BCUT2D eigenvalue weighted by Crippen LogP contribution is 2.23. The maximum atomic E-state index is 8.77. The molecular weight excluding hydrogens is 164 g/mol. The fraction of sp³-hybridized carbons (Fsp3) is 1.00. The second-order valence-electron chi connectivity index (χ2n) is 3.88. The van der Waals surface area contributed by atoms with E-state index in [-0.39, 0.29) is 12.2 Å². The highest BCUT2D eigenvalue weighted by Gasteiger charge is 2.22. The summed E-state index contributed by atoms with van der Waals surface area (Å²) >= 11 is 0. The molecule has 2 heteroatoms. The maximum Gasteiger partial charge on any atom is 0.0655 e. The topological polar surface area (TPSA) is 29.5 Å². The van der Waals surface area contributed by atoms with Gasteiger partial charge >= 0.3 is 0 Å². The first-order chi connectivity index (χ1) is 6.18. The fourth-order valence-corrected chi connectivity index (χ4v) is 1.60. The largest absolute Gasteiger partial charge is 0.396 e. The van der Waals surface area contributed by atoms with E-state index in [9.17, 15) is 0 Å². The lowest BCUT2D eigenvalue weighted by molar-refractivity contribution is -0.0470. The average Bonchev–Trinajstić information content (AvgIpc) is 2.12. The van der Waals surface area contributed by atoms with E-state index in [2.05, 4.69) is 20.8 Å². The molecule has 0 aliphatic carbocycles. The predicted molar refractivity (Wildman–Crippen MR) is 55.9 cm³/mol. The van der Waals surface area contributed by atoms with E-state index in [0.29, 0.717) is 0 Å². The van der Waals surface area contributed by atoms with Crippen molar-refractivity contribution in [2.75, 3.05) is 13.2 Å². The van der Waals surface area contributed by atoms with Crippen LogP contribution in [-0.4, -0.2) is 23.9 Å². The molecule has 0 aliphatic heterocycles. The van der Waals surface area contributed by atoms with Gasteiger partial charge in [-0.3, -0.25) is 0 Å². The summed E-state index contributed by atoms with van der Waals surface area (Å²) in [7, 11) is 0. The van der Waals surface area contributed by atoms with E-state index < -0.39 is 0 Å². The van der Waals surface area contributed by atoms with Gasteiger partial charge in [0.05, 0.1) is 5.60 Å². The van der Waals surface area contributed by atoms with Crippen LogP contribution in [0.5, 0.6) is 0 Å². The first-order valence-electron chi connectivity index (χ1n) is 5.43. The zero-order valence-electron chi connectivity index (χ0n) is 9.31. The number of rotatable bonds is 8. The standard InChI is InChI=1S/C11H24O2/c1-4-7-11(3,8-6-9-12)13-10-5-2/h12H,4-10H2,1-3H3. The van der Waals surface area contributed by atoms with E-state index in [1.165, 1.54) is 0 Å². The summed E-state index contributed by atoms with van der Waals surface area (Å²) in [5.41, 5.74) is -0.00646. The zero-order chi connectivity index (χ0) is 10.2. The van der Waals surface area contributed by atoms with Crippen molar-refractivity contribution in [3.8, 4) is 0 Å². The molecule has 2 nitrogen and oxygen atoms in total. The van der Waals surface area contributed by atoms with Crippen LogP contribution in [0.2, 0.25) is 0 Å². The molecule has 0 saturated heterocycles. The van der Waals surface area contributed by atoms with Crippen LogP contribution >= 0.6 is 0 Å². The minimum Gasteiger partial charge on any atom is -0.396 e. The van der Waals surface area contributed by atoms with Crippen LogP contribution in [0.4, 0.5) is 0 Å².